The van der Waals surface area contributed by atoms with E-state index in [0.29, 0.717) is 9.75 Å². The number of benzene rings is 1. The molecule has 0 saturated carbocycles. The second-order valence-electron chi connectivity index (χ2n) is 6.76. The molecule has 1 aromatic carbocycles. The Labute approximate surface area is 167 Å². The van der Waals surface area contributed by atoms with E-state index in [4.69, 9.17) is 4.74 Å². The van der Waals surface area contributed by atoms with Gasteiger partial charge in [0.05, 0.1) is 30.8 Å². The van der Waals surface area contributed by atoms with Crippen molar-refractivity contribution in [2.75, 3.05) is 7.11 Å². The van der Waals surface area contributed by atoms with Crippen LogP contribution in [-0.4, -0.2) is 28.8 Å². The summed E-state index contributed by atoms with van der Waals surface area (Å²) in [4.78, 5) is 25.2. The van der Waals surface area contributed by atoms with Crippen molar-refractivity contribution in [3.05, 3.63) is 75.2 Å². The summed E-state index contributed by atoms with van der Waals surface area (Å²) in [5, 5.41) is 7.67. The quantitative estimate of drug-likeness (QED) is 0.670. The number of hydrogen-bond donors (Lipinski definition) is 1. The van der Waals surface area contributed by atoms with Crippen molar-refractivity contribution in [2.24, 2.45) is 0 Å². The average molecular weight is 395 g/mol. The average Bonchev–Trinajstić information content (AvgIpc) is 3.37. The largest absolute Gasteiger partial charge is 0.465 e. The molecule has 1 N–H and O–H groups in total. The summed E-state index contributed by atoms with van der Waals surface area (Å²) in [6.45, 7) is 0.726. The number of thiophene rings is 1. The SMILES string of the molecule is COC(=O)c1ccc(C(=O)NC2CCCc3c2cnn3Cc2ccccc2)s1. The van der Waals surface area contributed by atoms with Gasteiger partial charge in [-0.2, -0.15) is 5.10 Å². The molecule has 1 aliphatic rings. The maximum Gasteiger partial charge on any atom is 0.348 e. The first-order valence-corrected chi connectivity index (χ1v) is 10.0. The zero-order chi connectivity index (χ0) is 19.5. The summed E-state index contributed by atoms with van der Waals surface area (Å²) in [5.74, 6) is -0.597. The smallest absolute Gasteiger partial charge is 0.348 e. The number of nitrogens with zero attached hydrogens (tertiary/aromatic N) is 2. The number of carbonyl (C=O) groups is 2. The first kappa shape index (κ1) is 18.4. The highest BCUT2D eigenvalue weighted by atomic mass is 32.1. The third kappa shape index (κ3) is 3.71. The van der Waals surface area contributed by atoms with Crippen LogP contribution in [-0.2, 0) is 17.7 Å². The standard InChI is InChI=1S/C21H21N3O3S/c1-27-21(26)19-11-10-18(28-19)20(25)23-16-8-5-9-17-15(16)12-22-24(17)13-14-6-3-2-4-7-14/h2-4,6-7,10-12,16H,5,8-9,13H2,1H3,(H,23,25). The number of aromatic nitrogens is 2. The second kappa shape index (κ2) is 7.98. The molecular formula is C21H21N3O3S. The van der Waals surface area contributed by atoms with Crippen LogP contribution in [0.25, 0.3) is 0 Å². The molecular weight excluding hydrogens is 374 g/mol. The number of nitrogens with one attached hydrogen (secondary N) is 1. The van der Waals surface area contributed by atoms with Gasteiger partial charge in [0, 0.05) is 11.3 Å². The first-order chi connectivity index (χ1) is 13.7. The second-order valence-corrected chi connectivity index (χ2v) is 7.85. The summed E-state index contributed by atoms with van der Waals surface area (Å²) in [5.41, 5.74) is 3.47. The van der Waals surface area contributed by atoms with Gasteiger partial charge in [-0.15, -0.1) is 11.3 Å². The number of esters is 1. The van der Waals surface area contributed by atoms with E-state index < -0.39 is 5.97 Å². The van der Waals surface area contributed by atoms with Crippen LogP contribution < -0.4 is 5.32 Å². The predicted molar refractivity (Wildman–Crippen MR) is 107 cm³/mol. The van der Waals surface area contributed by atoms with Crippen LogP contribution in [0.4, 0.5) is 0 Å². The molecule has 2 heterocycles. The molecule has 3 aromatic rings. The van der Waals surface area contributed by atoms with E-state index in [1.54, 1.807) is 12.1 Å². The predicted octanol–water partition coefficient (Wildman–Crippen LogP) is 3.59. The molecule has 1 atom stereocenters. The number of fused-ring (bicyclic) bond motifs is 1. The van der Waals surface area contributed by atoms with Gasteiger partial charge in [-0.05, 0) is 37.0 Å². The fourth-order valence-electron chi connectivity index (χ4n) is 3.56. The Morgan fingerprint density at radius 1 is 1.21 bits per heavy atom. The third-order valence-electron chi connectivity index (χ3n) is 4.96. The summed E-state index contributed by atoms with van der Waals surface area (Å²) in [6.07, 6.45) is 4.71. The Balaban J connectivity index is 1.50. The fraction of sp³-hybridized carbons (Fsp3) is 0.286. The number of methoxy groups -OCH3 is 1. The molecule has 28 heavy (non-hydrogen) atoms. The molecule has 6 nitrogen and oxygen atoms in total. The van der Waals surface area contributed by atoms with Crippen molar-refractivity contribution in [3.8, 4) is 0 Å². The van der Waals surface area contributed by atoms with Gasteiger partial charge in [-0.25, -0.2) is 4.79 Å². The molecule has 0 fully saturated rings. The van der Waals surface area contributed by atoms with Gasteiger partial charge in [0.25, 0.3) is 5.91 Å². The normalized spacial score (nSPS) is 15.7. The van der Waals surface area contributed by atoms with Gasteiger partial charge in [0.15, 0.2) is 0 Å². The molecule has 0 saturated heterocycles. The van der Waals surface area contributed by atoms with Crippen molar-refractivity contribution >= 4 is 23.2 Å². The van der Waals surface area contributed by atoms with E-state index in [-0.39, 0.29) is 11.9 Å². The lowest BCUT2D eigenvalue weighted by atomic mass is 9.93. The molecule has 1 aliphatic carbocycles. The molecule has 1 amide bonds. The highest BCUT2D eigenvalue weighted by Gasteiger charge is 2.26. The number of carbonyl (C=O) groups excluding carboxylic acids is 2. The zero-order valence-corrected chi connectivity index (χ0v) is 16.4. The number of hydrogen-bond acceptors (Lipinski definition) is 5. The van der Waals surface area contributed by atoms with Gasteiger partial charge in [-0.3, -0.25) is 9.48 Å². The van der Waals surface area contributed by atoms with Crippen LogP contribution in [0.2, 0.25) is 0 Å². The van der Waals surface area contributed by atoms with E-state index in [2.05, 4.69) is 22.5 Å². The molecule has 144 valence electrons. The summed E-state index contributed by atoms with van der Waals surface area (Å²) in [7, 11) is 1.33. The lowest BCUT2D eigenvalue weighted by Gasteiger charge is -2.24. The van der Waals surface area contributed by atoms with Gasteiger partial charge in [-0.1, -0.05) is 30.3 Å². The van der Waals surface area contributed by atoms with Crippen molar-refractivity contribution in [1.29, 1.82) is 0 Å². The molecule has 0 spiro atoms. The molecule has 0 aliphatic heterocycles. The minimum absolute atomic E-state index is 0.0653. The summed E-state index contributed by atoms with van der Waals surface area (Å²) < 4.78 is 6.74. The van der Waals surface area contributed by atoms with Crippen molar-refractivity contribution in [2.45, 2.75) is 31.8 Å². The van der Waals surface area contributed by atoms with E-state index in [1.807, 2.05) is 29.1 Å². The Bertz CT molecular complexity index is 994. The van der Waals surface area contributed by atoms with E-state index in [9.17, 15) is 9.59 Å². The number of rotatable bonds is 5. The maximum absolute atomic E-state index is 12.7. The first-order valence-electron chi connectivity index (χ1n) is 9.23. The van der Waals surface area contributed by atoms with Crippen molar-refractivity contribution in [3.63, 3.8) is 0 Å². The third-order valence-corrected chi connectivity index (χ3v) is 6.02. The molecule has 2 aromatic heterocycles. The number of amides is 1. The van der Waals surface area contributed by atoms with Gasteiger partial charge in [0.1, 0.15) is 4.88 Å². The van der Waals surface area contributed by atoms with Gasteiger partial charge < -0.3 is 10.1 Å². The lowest BCUT2D eigenvalue weighted by Crippen LogP contribution is -2.30. The van der Waals surface area contributed by atoms with Crippen molar-refractivity contribution in [1.82, 2.24) is 15.1 Å². The monoisotopic (exact) mass is 395 g/mol. The fourth-order valence-corrected chi connectivity index (χ4v) is 4.39. The van der Waals surface area contributed by atoms with Gasteiger partial charge in [0.2, 0.25) is 0 Å². The van der Waals surface area contributed by atoms with E-state index in [0.717, 1.165) is 42.7 Å². The molecule has 0 radical (unpaired) electrons. The van der Waals surface area contributed by atoms with E-state index in [1.165, 1.54) is 18.4 Å². The van der Waals surface area contributed by atoms with Crippen LogP contribution in [0.1, 0.15) is 55.0 Å². The number of ether oxygens (including phenoxy) is 1. The van der Waals surface area contributed by atoms with Gasteiger partial charge >= 0.3 is 5.97 Å². The Morgan fingerprint density at radius 2 is 2.00 bits per heavy atom. The Kier molecular flexibility index (Phi) is 5.25. The molecule has 4 rings (SSSR count). The summed E-state index contributed by atoms with van der Waals surface area (Å²) >= 11 is 1.14. The lowest BCUT2D eigenvalue weighted by molar-refractivity contribution is 0.0606. The van der Waals surface area contributed by atoms with Crippen LogP contribution >= 0.6 is 11.3 Å². The van der Waals surface area contributed by atoms with E-state index >= 15 is 0 Å². The minimum atomic E-state index is -0.425. The Hall–Kier alpha value is -2.93. The van der Waals surface area contributed by atoms with Crippen LogP contribution in [0.5, 0.6) is 0 Å². The summed E-state index contributed by atoms with van der Waals surface area (Å²) in [6, 6.07) is 13.5. The molecule has 0 bridgehead atoms. The van der Waals surface area contributed by atoms with Crippen molar-refractivity contribution < 1.29 is 14.3 Å². The maximum atomic E-state index is 12.7. The highest BCUT2D eigenvalue weighted by molar-refractivity contribution is 7.15. The highest BCUT2D eigenvalue weighted by Crippen LogP contribution is 2.30. The zero-order valence-electron chi connectivity index (χ0n) is 15.6. The van der Waals surface area contributed by atoms with Crippen LogP contribution in [0.15, 0.2) is 48.7 Å². The molecule has 7 heteroatoms. The Morgan fingerprint density at radius 3 is 2.79 bits per heavy atom. The minimum Gasteiger partial charge on any atom is -0.465 e. The molecule has 1 unspecified atom stereocenters. The topological polar surface area (TPSA) is 73.2 Å². The van der Waals surface area contributed by atoms with Crippen LogP contribution in [0, 0.1) is 0 Å². The van der Waals surface area contributed by atoms with Crippen LogP contribution in [0.3, 0.4) is 0 Å².